The Bertz CT molecular complexity index is 1280. The lowest BCUT2D eigenvalue weighted by Crippen LogP contribution is -2.46. The largest absolute Gasteiger partial charge is 0.495 e. The molecule has 36 heavy (non-hydrogen) atoms. The van der Waals surface area contributed by atoms with E-state index in [9.17, 15) is 13.2 Å². The van der Waals surface area contributed by atoms with Crippen molar-refractivity contribution in [3.05, 3.63) is 89.5 Å². The number of benzene rings is 3. The number of carbonyl (C=O) groups excluding carboxylic acids is 1. The van der Waals surface area contributed by atoms with E-state index in [0.29, 0.717) is 30.4 Å². The first-order valence-electron chi connectivity index (χ1n) is 12.3. The summed E-state index contributed by atoms with van der Waals surface area (Å²) in [5.74, 6) is 0.721. The first kappa shape index (κ1) is 25.8. The molecule has 0 saturated carbocycles. The Morgan fingerprint density at radius 1 is 0.944 bits per heavy atom. The first-order valence-corrected chi connectivity index (χ1v) is 13.8. The van der Waals surface area contributed by atoms with Crippen LogP contribution in [0.5, 0.6) is 5.75 Å². The van der Waals surface area contributed by atoms with E-state index in [1.807, 2.05) is 26.0 Å². The van der Waals surface area contributed by atoms with E-state index in [-0.39, 0.29) is 17.3 Å². The van der Waals surface area contributed by atoms with Crippen molar-refractivity contribution in [1.82, 2.24) is 4.90 Å². The average molecular weight is 507 g/mol. The van der Waals surface area contributed by atoms with Gasteiger partial charge < -0.3 is 9.64 Å². The van der Waals surface area contributed by atoms with Gasteiger partial charge in [0.05, 0.1) is 17.7 Å². The fraction of sp³-hybridized carbons (Fsp3) is 0.345. The van der Waals surface area contributed by atoms with Crippen LogP contribution in [0, 0.1) is 19.8 Å². The van der Waals surface area contributed by atoms with Gasteiger partial charge in [-0.05, 0) is 74.4 Å². The minimum absolute atomic E-state index is 0.144. The van der Waals surface area contributed by atoms with Crippen LogP contribution in [-0.2, 0) is 21.2 Å². The molecule has 190 valence electrons. The standard InChI is InChI=1S/C29H34N2O4S/c1-22-9-12-26(13-10-22)36(33,34)31(27-19-23(2)11-14-28(27)35-3)21-29(32)30-17-15-25(16-18-30)20-24-7-5-4-6-8-24/h4-14,19,25H,15-18,20-21H2,1-3H3. The van der Waals surface area contributed by atoms with Crippen LogP contribution < -0.4 is 9.04 Å². The van der Waals surface area contributed by atoms with Gasteiger partial charge in [-0.3, -0.25) is 9.10 Å². The van der Waals surface area contributed by atoms with Gasteiger partial charge in [-0.1, -0.05) is 54.1 Å². The highest BCUT2D eigenvalue weighted by atomic mass is 32.2. The Morgan fingerprint density at radius 2 is 1.58 bits per heavy atom. The van der Waals surface area contributed by atoms with E-state index in [1.165, 1.54) is 17.0 Å². The van der Waals surface area contributed by atoms with Gasteiger partial charge in [-0.15, -0.1) is 0 Å². The van der Waals surface area contributed by atoms with Crippen molar-refractivity contribution >= 4 is 21.6 Å². The van der Waals surface area contributed by atoms with Crippen molar-refractivity contribution in [2.75, 3.05) is 31.0 Å². The summed E-state index contributed by atoms with van der Waals surface area (Å²) < 4.78 is 34.3. The molecule has 0 unspecified atom stereocenters. The predicted octanol–water partition coefficient (Wildman–Crippen LogP) is 4.99. The first-order chi connectivity index (χ1) is 17.3. The van der Waals surface area contributed by atoms with Crippen molar-refractivity contribution in [2.24, 2.45) is 5.92 Å². The van der Waals surface area contributed by atoms with Crippen molar-refractivity contribution in [2.45, 2.75) is 38.0 Å². The zero-order valence-corrected chi connectivity index (χ0v) is 22.0. The van der Waals surface area contributed by atoms with E-state index >= 15 is 0 Å². The number of hydrogen-bond donors (Lipinski definition) is 0. The van der Waals surface area contributed by atoms with E-state index in [0.717, 1.165) is 30.4 Å². The second kappa shape index (κ2) is 11.2. The molecular formula is C29H34N2O4S. The predicted molar refractivity (Wildman–Crippen MR) is 143 cm³/mol. The number of carbonyl (C=O) groups is 1. The fourth-order valence-corrected chi connectivity index (χ4v) is 6.11. The van der Waals surface area contributed by atoms with Gasteiger partial charge in [0.1, 0.15) is 12.3 Å². The summed E-state index contributed by atoms with van der Waals surface area (Å²) in [6.45, 7) is 4.76. The summed E-state index contributed by atoms with van der Waals surface area (Å²) in [4.78, 5) is 15.4. The van der Waals surface area contributed by atoms with Crippen LogP contribution >= 0.6 is 0 Å². The lowest BCUT2D eigenvalue weighted by molar-refractivity contribution is -0.130. The number of ether oxygens (including phenoxy) is 1. The number of piperidine rings is 1. The van der Waals surface area contributed by atoms with Crippen LogP contribution in [0.4, 0.5) is 5.69 Å². The molecule has 6 nitrogen and oxygen atoms in total. The molecule has 1 aliphatic rings. The molecule has 0 aliphatic carbocycles. The van der Waals surface area contributed by atoms with Gasteiger partial charge in [0.2, 0.25) is 5.91 Å². The summed E-state index contributed by atoms with van der Waals surface area (Å²) in [6.07, 6.45) is 2.80. The van der Waals surface area contributed by atoms with Gasteiger partial charge in [0, 0.05) is 13.1 Å². The molecule has 1 fully saturated rings. The van der Waals surface area contributed by atoms with Crippen LogP contribution in [0.25, 0.3) is 0 Å². The molecule has 0 atom stereocenters. The van der Waals surface area contributed by atoms with Gasteiger partial charge in [0.15, 0.2) is 0 Å². The molecule has 0 spiro atoms. The molecular weight excluding hydrogens is 472 g/mol. The number of rotatable bonds is 8. The second-order valence-corrected chi connectivity index (χ2v) is 11.4. The lowest BCUT2D eigenvalue weighted by atomic mass is 9.90. The summed E-state index contributed by atoms with van der Waals surface area (Å²) in [7, 11) is -2.50. The molecule has 1 saturated heterocycles. The fourth-order valence-electron chi connectivity index (χ4n) is 4.69. The number of nitrogens with zero attached hydrogens (tertiary/aromatic N) is 2. The van der Waals surface area contributed by atoms with Crippen LogP contribution in [0.1, 0.15) is 29.5 Å². The molecule has 3 aromatic rings. The van der Waals surface area contributed by atoms with Crippen molar-refractivity contribution in [3.63, 3.8) is 0 Å². The second-order valence-electron chi connectivity index (χ2n) is 9.51. The number of amides is 1. The summed E-state index contributed by atoms with van der Waals surface area (Å²) in [5.41, 5.74) is 3.52. The summed E-state index contributed by atoms with van der Waals surface area (Å²) in [5, 5.41) is 0. The molecule has 7 heteroatoms. The van der Waals surface area contributed by atoms with Gasteiger partial charge in [0.25, 0.3) is 10.0 Å². The van der Waals surface area contributed by atoms with Crippen LogP contribution in [0.2, 0.25) is 0 Å². The van der Waals surface area contributed by atoms with Crippen LogP contribution in [-0.4, -0.2) is 46.0 Å². The topological polar surface area (TPSA) is 66.9 Å². The van der Waals surface area contributed by atoms with E-state index in [2.05, 4.69) is 24.3 Å². The smallest absolute Gasteiger partial charge is 0.264 e. The van der Waals surface area contributed by atoms with Crippen molar-refractivity contribution in [3.8, 4) is 5.75 Å². The number of sulfonamides is 1. The molecule has 1 amide bonds. The third kappa shape index (κ3) is 5.90. The molecule has 3 aromatic carbocycles. The Balaban J connectivity index is 1.55. The van der Waals surface area contributed by atoms with Crippen molar-refractivity contribution < 1.29 is 17.9 Å². The zero-order valence-electron chi connectivity index (χ0n) is 21.2. The number of methoxy groups -OCH3 is 1. The monoisotopic (exact) mass is 506 g/mol. The molecule has 0 N–H and O–H groups in total. The molecule has 0 radical (unpaired) electrons. The van der Waals surface area contributed by atoms with Gasteiger partial charge in [-0.2, -0.15) is 0 Å². The molecule has 4 rings (SSSR count). The highest BCUT2D eigenvalue weighted by Gasteiger charge is 2.32. The van der Waals surface area contributed by atoms with E-state index in [1.54, 1.807) is 41.3 Å². The van der Waals surface area contributed by atoms with Gasteiger partial charge >= 0.3 is 0 Å². The van der Waals surface area contributed by atoms with Crippen LogP contribution in [0.15, 0.2) is 77.7 Å². The Morgan fingerprint density at radius 3 is 2.22 bits per heavy atom. The minimum Gasteiger partial charge on any atom is -0.495 e. The third-order valence-electron chi connectivity index (χ3n) is 6.83. The van der Waals surface area contributed by atoms with Crippen LogP contribution in [0.3, 0.4) is 0 Å². The number of likely N-dealkylation sites (tertiary alicyclic amines) is 1. The number of anilines is 1. The normalized spacial score (nSPS) is 14.5. The Kier molecular flexibility index (Phi) is 7.99. The quantitative estimate of drug-likeness (QED) is 0.432. The average Bonchev–Trinajstić information content (AvgIpc) is 2.88. The number of hydrogen-bond acceptors (Lipinski definition) is 4. The number of aryl methyl sites for hydroxylation is 2. The van der Waals surface area contributed by atoms with E-state index < -0.39 is 10.0 Å². The molecule has 0 aromatic heterocycles. The molecule has 1 aliphatic heterocycles. The van der Waals surface area contributed by atoms with Crippen molar-refractivity contribution in [1.29, 1.82) is 0 Å². The minimum atomic E-state index is -4.00. The zero-order chi connectivity index (χ0) is 25.7. The summed E-state index contributed by atoms with van der Waals surface area (Å²) in [6, 6.07) is 22.4. The lowest BCUT2D eigenvalue weighted by Gasteiger charge is -2.34. The maximum atomic E-state index is 13.8. The molecule has 1 heterocycles. The summed E-state index contributed by atoms with van der Waals surface area (Å²) >= 11 is 0. The maximum absolute atomic E-state index is 13.8. The Hall–Kier alpha value is -3.32. The van der Waals surface area contributed by atoms with Gasteiger partial charge in [-0.25, -0.2) is 8.42 Å². The third-order valence-corrected chi connectivity index (χ3v) is 8.60. The highest BCUT2D eigenvalue weighted by Crippen LogP contribution is 2.34. The molecule has 0 bridgehead atoms. The maximum Gasteiger partial charge on any atom is 0.264 e. The van der Waals surface area contributed by atoms with E-state index in [4.69, 9.17) is 4.74 Å². The highest BCUT2D eigenvalue weighted by molar-refractivity contribution is 7.92. The SMILES string of the molecule is COc1ccc(C)cc1N(CC(=O)N1CCC(Cc2ccccc2)CC1)S(=O)(=O)c1ccc(C)cc1. The Labute approximate surface area is 214 Å².